The summed E-state index contributed by atoms with van der Waals surface area (Å²) < 4.78 is 11.1. The van der Waals surface area contributed by atoms with Gasteiger partial charge in [0, 0.05) is 4.47 Å². The minimum absolute atomic E-state index is 0.105. The number of rotatable bonds is 6. The Hall–Kier alpha value is -2.09. The molecule has 1 fully saturated rings. The van der Waals surface area contributed by atoms with E-state index < -0.39 is 18.4 Å². The number of halogens is 1. The van der Waals surface area contributed by atoms with Gasteiger partial charge in [-0.2, -0.15) is 0 Å². The highest BCUT2D eigenvalue weighted by atomic mass is 79.9. The molecule has 130 valence electrons. The standard InChI is InChI=1S/C16H19BrN2O5/c17-12-5-7-13(8-6-12)23-9-14(20)18-19-15(21)10-24-16(22)11-3-1-2-4-11/h5-8,11H,1-4,9-10H2,(H,18,20)(H,19,21). The molecule has 0 aliphatic heterocycles. The van der Waals surface area contributed by atoms with E-state index in [1.165, 1.54) is 0 Å². The molecule has 0 heterocycles. The van der Waals surface area contributed by atoms with Crippen LogP contribution < -0.4 is 15.6 Å². The summed E-state index contributed by atoms with van der Waals surface area (Å²) in [5, 5.41) is 0. The molecule has 1 aliphatic carbocycles. The monoisotopic (exact) mass is 398 g/mol. The van der Waals surface area contributed by atoms with E-state index in [1.807, 2.05) is 0 Å². The van der Waals surface area contributed by atoms with Crippen molar-refractivity contribution in [1.29, 1.82) is 0 Å². The Morgan fingerprint density at radius 1 is 1.00 bits per heavy atom. The van der Waals surface area contributed by atoms with E-state index in [2.05, 4.69) is 26.8 Å². The molecular weight excluding hydrogens is 380 g/mol. The van der Waals surface area contributed by atoms with Crippen LogP contribution in [0, 0.1) is 5.92 Å². The normalized spacial score (nSPS) is 14.0. The first kappa shape index (κ1) is 18.3. The van der Waals surface area contributed by atoms with Crippen LogP contribution in [0.2, 0.25) is 0 Å². The number of esters is 1. The first-order chi connectivity index (χ1) is 11.5. The Morgan fingerprint density at radius 2 is 1.58 bits per heavy atom. The van der Waals surface area contributed by atoms with Gasteiger partial charge >= 0.3 is 5.97 Å². The fourth-order valence-electron chi connectivity index (χ4n) is 2.31. The summed E-state index contributed by atoms with van der Waals surface area (Å²) in [5.41, 5.74) is 4.36. The largest absolute Gasteiger partial charge is 0.484 e. The predicted octanol–water partition coefficient (Wildman–Crippen LogP) is 1.71. The number of carbonyl (C=O) groups is 3. The second kappa shape index (κ2) is 9.27. The summed E-state index contributed by atoms with van der Waals surface area (Å²) in [6.45, 7) is -0.660. The average Bonchev–Trinajstić information content (AvgIpc) is 3.12. The van der Waals surface area contributed by atoms with Gasteiger partial charge in [-0.3, -0.25) is 25.2 Å². The third kappa shape index (κ3) is 6.19. The van der Waals surface area contributed by atoms with E-state index in [-0.39, 0.29) is 18.5 Å². The zero-order valence-electron chi connectivity index (χ0n) is 13.0. The number of nitrogens with one attached hydrogen (secondary N) is 2. The summed E-state index contributed by atoms with van der Waals surface area (Å²) in [7, 11) is 0. The number of hydrogen-bond donors (Lipinski definition) is 2. The number of carbonyl (C=O) groups excluding carboxylic acids is 3. The van der Waals surface area contributed by atoms with Gasteiger partial charge in [-0.15, -0.1) is 0 Å². The Bertz CT molecular complexity index is 585. The van der Waals surface area contributed by atoms with E-state index in [4.69, 9.17) is 9.47 Å². The first-order valence-corrected chi connectivity index (χ1v) is 8.46. The van der Waals surface area contributed by atoms with Crippen LogP contribution in [-0.4, -0.2) is 31.0 Å². The average molecular weight is 399 g/mol. The van der Waals surface area contributed by atoms with Crippen LogP contribution in [0.4, 0.5) is 0 Å². The van der Waals surface area contributed by atoms with E-state index >= 15 is 0 Å². The third-order valence-electron chi connectivity index (χ3n) is 3.56. The number of hydrogen-bond acceptors (Lipinski definition) is 5. The second-order valence-corrected chi connectivity index (χ2v) is 6.34. The van der Waals surface area contributed by atoms with E-state index in [1.54, 1.807) is 24.3 Å². The summed E-state index contributed by atoms with van der Waals surface area (Å²) in [5.74, 6) is -1.05. The van der Waals surface area contributed by atoms with Gasteiger partial charge < -0.3 is 9.47 Å². The second-order valence-electron chi connectivity index (χ2n) is 5.43. The quantitative estimate of drug-likeness (QED) is 0.561. The van der Waals surface area contributed by atoms with Gasteiger partial charge in [0.05, 0.1) is 5.92 Å². The molecule has 24 heavy (non-hydrogen) atoms. The summed E-state index contributed by atoms with van der Waals surface area (Å²) in [4.78, 5) is 34.8. The van der Waals surface area contributed by atoms with Crippen LogP contribution in [0.1, 0.15) is 25.7 Å². The molecule has 0 radical (unpaired) electrons. The van der Waals surface area contributed by atoms with Crippen LogP contribution in [0.3, 0.4) is 0 Å². The van der Waals surface area contributed by atoms with Crippen molar-refractivity contribution in [2.45, 2.75) is 25.7 Å². The lowest BCUT2D eigenvalue weighted by atomic mass is 10.1. The molecule has 0 aromatic heterocycles. The lowest BCUT2D eigenvalue weighted by molar-refractivity contribution is -0.152. The van der Waals surface area contributed by atoms with Gasteiger partial charge in [0.1, 0.15) is 5.75 Å². The van der Waals surface area contributed by atoms with Crippen molar-refractivity contribution in [1.82, 2.24) is 10.9 Å². The van der Waals surface area contributed by atoms with Gasteiger partial charge in [-0.25, -0.2) is 0 Å². The molecule has 1 aliphatic rings. The van der Waals surface area contributed by atoms with Crippen molar-refractivity contribution in [3.63, 3.8) is 0 Å². The van der Waals surface area contributed by atoms with Gasteiger partial charge in [0.15, 0.2) is 13.2 Å². The van der Waals surface area contributed by atoms with Crippen molar-refractivity contribution in [3.05, 3.63) is 28.7 Å². The fraction of sp³-hybridized carbons (Fsp3) is 0.438. The Labute approximate surface area is 148 Å². The number of hydrazine groups is 1. The predicted molar refractivity (Wildman–Crippen MR) is 88.8 cm³/mol. The molecule has 0 atom stereocenters. The summed E-state index contributed by atoms with van der Waals surface area (Å²) in [6.07, 6.45) is 3.65. The maximum Gasteiger partial charge on any atom is 0.309 e. The van der Waals surface area contributed by atoms with Crippen LogP contribution in [0.25, 0.3) is 0 Å². The smallest absolute Gasteiger partial charge is 0.309 e. The molecule has 0 saturated heterocycles. The van der Waals surface area contributed by atoms with E-state index in [0.717, 1.165) is 30.2 Å². The summed E-state index contributed by atoms with van der Waals surface area (Å²) in [6, 6.07) is 6.98. The van der Waals surface area contributed by atoms with E-state index in [9.17, 15) is 14.4 Å². The molecular formula is C16H19BrN2O5. The van der Waals surface area contributed by atoms with Gasteiger partial charge in [0.2, 0.25) is 0 Å². The number of amides is 2. The van der Waals surface area contributed by atoms with Crippen molar-refractivity contribution in [3.8, 4) is 5.75 Å². The van der Waals surface area contributed by atoms with Crippen LogP contribution in [0.5, 0.6) is 5.75 Å². The lowest BCUT2D eigenvalue weighted by Crippen LogP contribution is -2.45. The van der Waals surface area contributed by atoms with Crippen molar-refractivity contribution in [2.24, 2.45) is 5.92 Å². The first-order valence-electron chi connectivity index (χ1n) is 7.67. The Morgan fingerprint density at radius 3 is 2.21 bits per heavy atom. The SMILES string of the molecule is O=C(COC(=O)C1CCCC1)NNC(=O)COc1ccc(Br)cc1. The maximum absolute atomic E-state index is 11.7. The van der Waals surface area contributed by atoms with Crippen molar-refractivity contribution in [2.75, 3.05) is 13.2 Å². The molecule has 2 rings (SSSR count). The molecule has 1 aromatic carbocycles. The highest BCUT2D eigenvalue weighted by Gasteiger charge is 2.24. The van der Waals surface area contributed by atoms with Crippen molar-refractivity contribution < 1.29 is 23.9 Å². The topological polar surface area (TPSA) is 93.7 Å². The molecule has 7 nitrogen and oxygen atoms in total. The minimum Gasteiger partial charge on any atom is -0.484 e. The molecule has 0 bridgehead atoms. The highest BCUT2D eigenvalue weighted by molar-refractivity contribution is 9.10. The molecule has 1 saturated carbocycles. The molecule has 0 spiro atoms. The zero-order valence-corrected chi connectivity index (χ0v) is 14.6. The van der Waals surface area contributed by atoms with Crippen molar-refractivity contribution >= 4 is 33.7 Å². The fourth-order valence-corrected chi connectivity index (χ4v) is 2.57. The van der Waals surface area contributed by atoms with Gasteiger partial charge in [-0.1, -0.05) is 28.8 Å². The highest BCUT2D eigenvalue weighted by Crippen LogP contribution is 2.25. The Balaban J connectivity index is 1.59. The molecule has 2 amide bonds. The Kier molecular flexibility index (Phi) is 7.05. The zero-order chi connectivity index (χ0) is 17.4. The van der Waals surface area contributed by atoms with Crippen LogP contribution in [-0.2, 0) is 19.1 Å². The molecule has 2 N–H and O–H groups in total. The van der Waals surface area contributed by atoms with Crippen LogP contribution >= 0.6 is 15.9 Å². The lowest BCUT2D eigenvalue weighted by Gasteiger charge is -2.11. The third-order valence-corrected chi connectivity index (χ3v) is 4.09. The van der Waals surface area contributed by atoms with Gasteiger partial charge in [0.25, 0.3) is 11.8 Å². The number of ether oxygens (including phenoxy) is 2. The van der Waals surface area contributed by atoms with Crippen LogP contribution in [0.15, 0.2) is 28.7 Å². The minimum atomic E-state index is -0.599. The molecule has 1 aromatic rings. The summed E-state index contributed by atoms with van der Waals surface area (Å²) >= 11 is 3.29. The van der Waals surface area contributed by atoms with Gasteiger partial charge in [-0.05, 0) is 37.1 Å². The molecule has 8 heteroatoms. The number of benzene rings is 1. The maximum atomic E-state index is 11.7. The molecule has 0 unspecified atom stereocenters. The van der Waals surface area contributed by atoms with E-state index in [0.29, 0.717) is 5.75 Å².